The van der Waals surface area contributed by atoms with Crippen molar-refractivity contribution < 1.29 is 18.8 Å². The van der Waals surface area contributed by atoms with Crippen LogP contribution in [0.25, 0.3) is 0 Å². The predicted octanol–water partition coefficient (Wildman–Crippen LogP) is 6.65. The molecule has 0 N–H and O–H groups in total. The summed E-state index contributed by atoms with van der Waals surface area (Å²) in [5.41, 5.74) is 1.38. The summed E-state index contributed by atoms with van der Waals surface area (Å²) in [6, 6.07) is 8.74. The van der Waals surface area contributed by atoms with Crippen molar-refractivity contribution in [2.24, 2.45) is 0 Å². The Bertz CT molecular complexity index is 771. The number of allylic oxidation sites excluding steroid dienone is 1. The number of unbranched alkanes of at least 4 members (excludes halogenated alkanes) is 8. The molecule has 6 heteroatoms. The van der Waals surface area contributed by atoms with Gasteiger partial charge in [0, 0.05) is 17.0 Å². The molecule has 1 fully saturated rings. The maximum absolute atomic E-state index is 12.8. The number of ether oxygens (including phenoxy) is 1. The number of carbonyl (C=O) groups excluding carboxylic acids is 2. The van der Waals surface area contributed by atoms with Gasteiger partial charge >= 0.3 is 5.97 Å². The fourth-order valence-corrected chi connectivity index (χ4v) is 5.09. The highest BCUT2D eigenvalue weighted by molar-refractivity contribution is 9.10. The Morgan fingerprint density at radius 2 is 1.63 bits per heavy atom. The van der Waals surface area contributed by atoms with Crippen molar-refractivity contribution in [1.29, 1.82) is 0 Å². The molecule has 1 aliphatic rings. The topological polar surface area (TPSA) is 46.6 Å². The summed E-state index contributed by atoms with van der Waals surface area (Å²) < 4.78 is 7.17. The third kappa shape index (κ3) is 12.2. The normalized spacial score (nSPS) is 15.5. The number of hydrogen-bond acceptors (Lipinski definition) is 3. The van der Waals surface area contributed by atoms with E-state index in [1.807, 2.05) is 11.0 Å². The molecule has 0 bridgehead atoms. The van der Waals surface area contributed by atoms with Crippen LogP contribution in [0.5, 0.6) is 0 Å². The van der Waals surface area contributed by atoms with E-state index in [2.05, 4.69) is 47.1 Å². The van der Waals surface area contributed by atoms with E-state index in [4.69, 9.17) is 4.74 Å². The first-order valence-corrected chi connectivity index (χ1v) is 14.4. The van der Waals surface area contributed by atoms with Gasteiger partial charge in [0.05, 0.1) is 39.3 Å². The van der Waals surface area contributed by atoms with Crippen LogP contribution >= 0.6 is 15.9 Å². The molecule has 0 aliphatic carbocycles. The molecular weight excluding hydrogens is 504 g/mol. The van der Waals surface area contributed by atoms with Crippen LogP contribution in [0, 0.1) is 0 Å². The van der Waals surface area contributed by atoms with Gasteiger partial charge in [-0.1, -0.05) is 73.2 Å². The summed E-state index contributed by atoms with van der Waals surface area (Å²) in [5, 5.41) is 0. The molecule has 1 heterocycles. The first-order valence-electron chi connectivity index (χ1n) is 13.6. The molecule has 2 rings (SSSR count). The van der Waals surface area contributed by atoms with Crippen molar-refractivity contribution in [2.75, 3.05) is 39.3 Å². The maximum atomic E-state index is 12.8. The molecule has 35 heavy (non-hydrogen) atoms. The number of nitrogens with zero attached hydrogens (tertiary/aromatic N) is 2. The molecule has 0 aromatic heterocycles. The van der Waals surface area contributed by atoms with Crippen LogP contribution in [0.2, 0.25) is 0 Å². The minimum absolute atomic E-state index is 0.166. The average Bonchev–Trinajstić information content (AvgIpc) is 2.85. The molecule has 1 aromatic rings. The van der Waals surface area contributed by atoms with Gasteiger partial charge in [0.2, 0.25) is 5.91 Å². The van der Waals surface area contributed by atoms with Crippen molar-refractivity contribution in [3.8, 4) is 0 Å². The number of rotatable bonds is 16. The molecule has 0 atom stereocenters. The number of carbonyl (C=O) groups is 2. The van der Waals surface area contributed by atoms with Gasteiger partial charge in [0.1, 0.15) is 6.54 Å². The maximum Gasteiger partial charge on any atom is 0.302 e. The van der Waals surface area contributed by atoms with E-state index in [-0.39, 0.29) is 11.9 Å². The fourth-order valence-electron chi connectivity index (χ4n) is 4.82. The molecule has 1 aliphatic heterocycles. The number of amides is 1. The lowest BCUT2D eigenvalue weighted by atomic mass is 10.1. The van der Waals surface area contributed by atoms with Gasteiger partial charge in [0.25, 0.3) is 0 Å². The molecule has 196 valence electrons. The molecule has 1 aromatic carbocycles. The highest BCUT2D eigenvalue weighted by atomic mass is 79.9. The molecule has 1 amide bonds. The monoisotopic (exact) mass is 549 g/mol. The van der Waals surface area contributed by atoms with Crippen molar-refractivity contribution in [2.45, 2.75) is 84.6 Å². The highest BCUT2D eigenvalue weighted by Gasteiger charge is 2.33. The second-order valence-corrected chi connectivity index (χ2v) is 10.9. The predicted molar refractivity (Wildman–Crippen MR) is 147 cm³/mol. The number of esters is 1. The van der Waals surface area contributed by atoms with Crippen molar-refractivity contribution in [3.05, 3.63) is 46.5 Å². The minimum atomic E-state index is -0.199. The average molecular weight is 551 g/mol. The summed E-state index contributed by atoms with van der Waals surface area (Å²) in [6.45, 7) is 10.3. The lowest BCUT2D eigenvalue weighted by molar-refractivity contribution is -0.944. The van der Waals surface area contributed by atoms with Gasteiger partial charge in [-0.3, -0.25) is 9.59 Å². The second-order valence-electron chi connectivity index (χ2n) is 9.98. The third-order valence-corrected chi connectivity index (χ3v) is 7.53. The van der Waals surface area contributed by atoms with Crippen molar-refractivity contribution >= 4 is 27.8 Å². The van der Waals surface area contributed by atoms with Crippen LogP contribution in [0.15, 0.2) is 40.9 Å². The van der Waals surface area contributed by atoms with Gasteiger partial charge in [-0.25, -0.2) is 0 Å². The van der Waals surface area contributed by atoms with Crippen LogP contribution in [0.3, 0.4) is 0 Å². The van der Waals surface area contributed by atoms with Crippen LogP contribution in [0.1, 0.15) is 83.6 Å². The van der Waals surface area contributed by atoms with Crippen molar-refractivity contribution in [3.63, 3.8) is 0 Å². The van der Waals surface area contributed by atoms with E-state index < -0.39 is 0 Å². The Morgan fingerprint density at radius 1 is 0.971 bits per heavy atom. The standard InChI is InChI=1S/C29H46BrN2O3/c1-3-4-5-12-21-32(25-27-15-17-28(30)18-16-27)22-19-31(20-23-32)29(34)14-11-9-7-6-8-10-13-24-35-26(2)33/h11,14-18H,3-10,12-13,19-25H2,1-2H3/q+1/b14-11+. The van der Waals surface area contributed by atoms with Gasteiger partial charge in [-0.15, -0.1) is 0 Å². The van der Waals surface area contributed by atoms with E-state index >= 15 is 0 Å². The van der Waals surface area contributed by atoms with Crippen LogP contribution in [-0.2, 0) is 20.9 Å². The summed E-state index contributed by atoms with van der Waals surface area (Å²) in [7, 11) is 0. The largest absolute Gasteiger partial charge is 0.466 e. The van der Waals surface area contributed by atoms with Gasteiger partial charge in [0.15, 0.2) is 0 Å². The van der Waals surface area contributed by atoms with Crippen LogP contribution in [-0.4, -0.2) is 60.6 Å². The molecular formula is C29H46BrN2O3+. The number of benzene rings is 1. The number of piperazine rings is 1. The first-order chi connectivity index (χ1) is 16.9. The zero-order valence-electron chi connectivity index (χ0n) is 22.0. The highest BCUT2D eigenvalue weighted by Crippen LogP contribution is 2.22. The van der Waals surface area contributed by atoms with Gasteiger partial charge < -0.3 is 14.1 Å². The molecule has 0 saturated carbocycles. The molecule has 0 unspecified atom stereocenters. The second kappa shape index (κ2) is 16.9. The molecule has 0 spiro atoms. The van der Waals surface area contributed by atoms with Gasteiger partial charge in [-0.05, 0) is 50.3 Å². The number of quaternary nitrogens is 1. The van der Waals surface area contributed by atoms with E-state index in [1.54, 1.807) is 6.08 Å². The molecule has 5 nitrogen and oxygen atoms in total. The zero-order valence-corrected chi connectivity index (χ0v) is 23.6. The Balaban J connectivity index is 1.73. The van der Waals surface area contributed by atoms with E-state index in [0.717, 1.165) is 80.2 Å². The fraction of sp³-hybridized carbons (Fsp3) is 0.655. The lowest BCUT2D eigenvalue weighted by Crippen LogP contribution is -2.60. The minimum Gasteiger partial charge on any atom is -0.466 e. The van der Waals surface area contributed by atoms with Crippen LogP contribution in [0.4, 0.5) is 0 Å². The summed E-state index contributed by atoms with van der Waals surface area (Å²) in [4.78, 5) is 25.5. The summed E-state index contributed by atoms with van der Waals surface area (Å²) >= 11 is 3.55. The van der Waals surface area contributed by atoms with E-state index in [0.29, 0.717) is 6.61 Å². The Kier molecular flexibility index (Phi) is 14.3. The third-order valence-electron chi connectivity index (χ3n) is 7.00. The van der Waals surface area contributed by atoms with Crippen molar-refractivity contribution in [1.82, 2.24) is 4.90 Å². The first kappa shape index (κ1) is 29.6. The van der Waals surface area contributed by atoms with E-state index in [9.17, 15) is 9.59 Å². The van der Waals surface area contributed by atoms with Crippen LogP contribution < -0.4 is 0 Å². The van der Waals surface area contributed by atoms with Gasteiger partial charge in [-0.2, -0.15) is 0 Å². The SMILES string of the molecule is CCCCCC[N+]1(Cc2ccc(Br)cc2)CCN(C(=O)/C=C/CCCCCCCOC(C)=O)CC1. The molecule has 1 saturated heterocycles. The van der Waals surface area contributed by atoms with E-state index in [1.165, 1.54) is 44.7 Å². The number of hydrogen-bond donors (Lipinski definition) is 0. The Hall–Kier alpha value is -1.66. The zero-order chi connectivity index (χ0) is 25.4. The number of halogens is 1. The lowest BCUT2D eigenvalue weighted by Gasteiger charge is -2.45. The Morgan fingerprint density at radius 3 is 2.31 bits per heavy atom. The smallest absolute Gasteiger partial charge is 0.302 e. The summed E-state index contributed by atoms with van der Waals surface area (Å²) in [6.07, 6.45) is 15.3. The summed E-state index contributed by atoms with van der Waals surface area (Å²) in [5.74, 6) is -0.0338. The Labute approximate surface area is 221 Å². The molecule has 0 radical (unpaired) electrons. The quantitative estimate of drug-likeness (QED) is 0.100.